The minimum atomic E-state index is 0.798. The number of fused-ring (bicyclic) bond motifs is 1. The first-order valence-corrected chi connectivity index (χ1v) is 6.04. The largest absolute Gasteiger partial charge is 0.366 e. The van der Waals surface area contributed by atoms with Crippen LogP contribution in [0.1, 0.15) is 5.56 Å². The first kappa shape index (κ1) is 10.8. The molecule has 2 heteroatoms. The molecule has 0 aliphatic heterocycles. The molecule has 1 N–H and O–H groups in total. The van der Waals surface area contributed by atoms with Gasteiger partial charge in [0.15, 0.2) is 0 Å². The number of nitrogens with one attached hydrogen (secondary N) is 1. The zero-order valence-electron chi connectivity index (χ0n) is 10.0. The highest BCUT2D eigenvalue weighted by atomic mass is 15.0. The molecule has 0 saturated carbocycles. The van der Waals surface area contributed by atoms with Gasteiger partial charge in [0.05, 0.1) is 0 Å². The number of hydrogen-bond acceptors (Lipinski definition) is 2. The predicted octanol–water partition coefficient (Wildman–Crippen LogP) is 3.85. The van der Waals surface area contributed by atoms with E-state index in [1.165, 1.54) is 16.3 Å². The summed E-state index contributed by atoms with van der Waals surface area (Å²) in [6, 6.07) is 20.7. The Kier molecular flexibility index (Phi) is 2.92. The highest BCUT2D eigenvalue weighted by molar-refractivity contribution is 5.83. The molecule has 0 saturated heterocycles. The number of pyridine rings is 1. The predicted molar refractivity (Wildman–Crippen MR) is 75.5 cm³/mol. The van der Waals surface area contributed by atoms with Gasteiger partial charge in [-0.2, -0.15) is 0 Å². The van der Waals surface area contributed by atoms with Crippen LogP contribution >= 0.6 is 0 Å². The van der Waals surface area contributed by atoms with Gasteiger partial charge in [-0.05, 0) is 17.0 Å². The molecule has 0 fully saturated rings. The molecule has 3 aromatic rings. The summed E-state index contributed by atoms with van der Waals surface area (Å²) < 4.78 is 0. The molecule has 3 rings (SSSR count). The van der Waals surface area contributed by atoms with E-state index in [0.717, 1.165) is 12.4 Å². The lowest BCUT2D eigenvalue weighted by atomic mass is 10.2. The van der Waals surface area contributed by atoms with Gasteiger partial charge < -0.3 is 5.32 Å². The second-order valence-electron chi connectivity index (χ2n) is 4.26. The van der Waals surface area contributed by atoms with Gasteiger partial charge in [-0.1, -0.05) is 54.6 Å². The number of benzene rings is 2. The Balaban J connectivity index is 1.79. The van der Waals surface area contributed by atoms with Gasteiger partial charge in [0.1, 0.15) is 5.82 Å². The lowest BCUT2D eigenvalue weighted by Gasteiger charge is -2.06. The van der Waals surface area contributed by atoms with E-state index < -0.39 is 0 Å². The van der Waals surface area contributed by atoms with Crippen LogP contribution in [0, 0.1) is 0 Å². The first-order valence-electron chi connectivity index (χ1n) is 6.04. The van der Waals surface area contributed by atoms with Crippen molar-refractivity contribution in [2.24, 2.45) is 0 Å². The molecular weight excluding hydrogens is 220 g/mol. The maximum absolute atomic E-state index is 4.41. The summed E-state index contributed by atoms with van der Waals surface area (Å²) in [5.74, 6) is 0.914. The van der Waals surface area contributed by atoms with Crippen molar-refractivity contribution in [3.8, 4) is 0 Å². The van der Waals surface area contributed by atoms with Crippen molar-refractivity contribution >= 4 is 16.6 Å². The molecule has 18 heavy (non-hydrogen) atoms. The molecule has 0 atom stereocenters. The van der Waals surface area contributed by atoms with Gasteiger partial charge in [-0.3, -0.25) is 0 Å². The fraction of sp³-hybridized carbons (Fsp3) is 0.0625. The zero-order chi connectivity index (χ0) is 12.2. The molecule has 0 radical (unpaired) electrons. The third-order valence-corrected chi connectivity index (χ3v) is 2.95. The summed E-state index contributed by atoms with van der Waals surface area (Å²) in [7, 11) is 0. The maximum atomic E-state index is 4.41. The molecule has 0 aliphatic rings. The van der Waals surface area contributed by atoms with E-state index in [9.17, 15) is 0 Å². The van der Waals surface area contributed by atoms with Crippen LogP contribution in [0.3, 0.4) is 0 Å². The molecule has 0 unspecified atom stereocenters. The fourth-order valence-corrected chi connectivity index (χ4v) is 1.97. The van der Waals surface area contributed by atoms with Gasteiger partial charge in [0.25, 0.3) is 0 Å². The van der Waals surface area contributed by atoms with Gasteiger partial charge >= 0.3 is 0 Å². The lowest BCUT2D eigenvalue weighted by Crippen LogP contribution is -2.00. The van der Waals surface area contributed by atoms with Gasteiger partial charge in [-0.25, -0.2) is 4.98 Å². The van der Waals surface area contributed by atoms with Crippen LogP contribution in [0.4, 0.5) is 5.82 Å². The van der Waals surface area contributed by atoms with Gasteiger partial charge in [0, 0.05) is 18.1 Å². The Labute approximate surface area is 106 Å². The summed E-state index contributed by atoms with van der Waals surface area (Å²) >= 11 is 0. The topological polar surface area (TPSA) is 24.9 Å². The fourth-order valence-electron chi connectivity index (χ4n) is 1.97. The van der Waals surface area contributed by atoms with Crippen LogP contribution in [0.25, 0.3) is 10.8 Å². The van der Waals surface area contributed by atoms with Crippen LogP contribution in [0.15, 0.2) is 66.9 Å². The van der Waals surface area contributed by atoms with Crippen molar-refractivity contribution in [3.63, 3.8) is 0 Å². The van der Waals surface area contributed by atoms with Crippen molar-refractivity contribution in [1.29, 1.82) is 0 Å². The minimum Gasteiger partial charge on any atom is -0.366 e. The summed E-state index contributed by atoms with van der Waals surface area (Å²) in [6.45, 7) is 0.798. The van der Waals surface area contributed by atoms with E-state index in [1.807, 2.05) is 36.5 Å². The second-order valence-corrected chi connectivity index (χ2v) is 4.26. The molecule has 0 aliphatic carbocycles. The van der Waals surface area contributed by atoms with Crippen LogP contribution in [0.2, 0.25) is 0 Å². The standard InChI is InChI=1S/C16H14N2/c1-2-6-13(7-3-1)11-17-16-10-14-8-4-5-9-15(14)12-18-16/h1-10,12H,11H2,(H,17,18). The maximum Gasteiger partial charge on any atom is 0.126 e. The van der Waals surface area contributed by atoms with Crippen LogP contribution in [-0.2, 0) is 6.54 Å². The average Bonchev–Trinajstić information content (AvgIpc) is 2.46. The summed E-state index contributed by atoms with van der Waals surface area (Å²) in [5, 5.41) is 5.72. The van der Waals surface area contributed by atoms with E-state index in [-0.39, 0.29) is 0 Å². The van der Waals surface area contributed by atoms with Crippen molar-refractivity contribution in [2.75, 3.05) is 5.32 Å². The molecule has 0 bridgehead atoms. The quantitative estimate of drug-likeness (QED) is 0.744. The number of nitrogens with zero attached hydrogens (tertiary/aromatic N) is 1. The Morgan fingerprint density at radius 3 is 2.39 bits per heavy atom. The molecule has 2 aromatic carbocycles. The number of hydrogen-bond donors (Lipinski definition) is 1. The molecule has 2 nitrogen and oxygen atoms in total. The number of anilines is 1. The summed E-state index contributed by atoms with van der Waals surface area (Å²) in [4.78, 5) is 4.41. The third kappa shape index (κ3) is 2.33. The smallest absolute Gasteiger partial charge is 0.126 e. The third-order valence-electron chi connectivity index (χ3n) is 2.95. The Bertz CT molecular complexity index is 647. The molecule has 0 amide bonds. The first-order chi connectivity index (χ1) is 8.92. The van der Waals surface area contributed by atoms with E-state index >= 15 is 0 Å². The lowest BCUT2D eigenvalue weighted by molar-refractivity contribution is 1.12. The second kappa shape index (κ2) is 4.88. The highest BCUT2D eigenvalue weighted by Crippen LogP contribution is 2.16. The van der Waals surface area contributed by atoms with Crippen molar-refractivity contribution in [1.82, 2.24) is 4.98 Å². The van der Waals surface area contributed by atoms with Crippen molar-refractivity contribution in [3.05, 3.63) is 72.4 Å². The van der Waals surface area contributed by atoms with Gasteiger partial charge in [0.2, 0.25) is 0 Å². The minimum absolute atomic E-state index is 0.798. The van der Waals surface area contributed by atoms with E-state index in [0.29, 0.717) is 0 Å². The molecule has 1 heterocycles. The Hall–Kier alpha value is -2.35. The van der Waals surface area contributed by atoms with E-state index in [2.05, 4.69) is 40.6 Å². The summed E-state index contributed by atoms with van der Waals surface area (Å²) in [6.07, 6.45) is 1.91. The normalized spacial score (nSPS) is 10.4. The Morgan fingerprint density at radius 2 is 1.56 bits per heavy atom. The average molecular weight is 234 g/mol. The monoisotopic (exact) mass is 234 g/mol. The number of aromatic nitrogens is 1. The highest BCUT2D eigenvalue weighted by Gasteiger charge is 1.97. The van der Waals surface area contributed by atoms with Crippen LogP contribution in [0.5, 0.6) is 0 Å². The molecule has 0 spiro atoms. The zero-order valence-corrected chi connectivity index (χ0v) is 10.0. The SMILES string of the molecule is c1ccc(CNc2cc3ccccc3cn2)cc1. The summed E-state index contributed by atoms with van der Waals surface area (Å²) in [5.41, 5.74) is 1.26. The number of rotatable bonds is 3. The van der Waals surface area contributed by atoms with E-state index in [1.54, 1.807) is 0 Å². The van der Waals surface area contributed by atoms with Gasteiger partial charge in [-0.15, -0.1) is 0 Å². The molecular formula is C16H14N2. The van der Waals surface area contributed by atoms with Crippen molar-refractivity contribution < 1.29 is 0 Å². The Morgan fingerprint density at radius 1 is 0.833 bits per heavy atom. The van der Waals surface area contributed by atoms with Crippen molar-refractivity contribution in [2.45, 2.75) is 6.54 Å². The molecule has 1 aromatic heterocycles. The van der Waals surface area contributed by atoms with E-state index in [4.69, 9.17) is 0 Å². The van der Waals surface area contributed by atoms with Crippen LogP contribution in [-0.4, -0.2) is 4.98 Å². The van der Waals surface area contributed by atoms with Crippen LogP contribution < -0.4 is 5.32 Å². The molecule has 88 valence electrons.